The van der Waals surface area contributed by atoms with Crippen molar-refractivity contribution in [1.82, 2.24) is 9.96 Å². The highest BCUT2D eigenvalue weighted by atomic mass is 35.5. The van der Waals surface area contributed by atoms with Gasteiger partial charge in [0, 0.05) is 6.54 Å². The van der Waals surface area contributed by atoms with Gasteiger partial charge in [0.05, 0.1) is 6.04 Å². The van der Waals surface area contributed by atoms with Crippen LogP contribution in [-0.2, 0) is 4.79 Å². The molecule has 1 amide bonds. The number of hydrogen-bond donors (Lipinski definition) is 2. The van der Waals surface area contributed by atoms with E-state index < -0.39 is 6.04 Å². The van der Waals surface area contributed by atoms with Gasteiger partial charge < -0.3 is 10.6 Å². The maximum absolute atomic E-state index is 11.7. The molecule has 3 N–H and O–H groups in total. The minimum absolute atomic E-state index is 0. The quantitative estimate of drug-likeness (QED) is 0.366. The Morgan fingerprint density at radius 2 is 1.70 bits per heavy atom. The molecule has 0 aromatic rings. The smallest absolute Gasteiger partial charge is 0.262 e. The van der Waals surface area contributed by atoms with Crippen molar-refractivity contribution < 1.29 is 10.0 Å². The molecule has 0 radical (unpaired) electrons. The van der Waals surface area contributed by atoms with Gasteiger partial charge in [-0.1, -0.05) is 32.6 Å². The summed E-state index contributed by atoms with van der Waals surface area (Å²) in [5.41, 5.74) is 5.77. The first-order valence-electron chi connectivity index (χ1n) is 6.89. The standard InChI is InChI=1S/C13H29N3O2.2ClH/c1-4-5-6-7-9-12(14)13(17)16(18)11-8-10-15(2)3;;/h12,18H,4-11,14H2,1-3H3;2*1H. The van der Waals surface area contributed by atoms with Crippen molar-refractivity contribution in [2.75, 3.05) is 27.2 Å². The van der Waals surface area contributed by atoms with E-state index in [0.717, 1.165) is 30.9 Å². The summed E-state index contributed by atoms with van der Waals surface area (Å²) in [6, 6.07) is -0.564. The van der Waals surface area contributed by atoms with E-state index in [1.54, 1.807) is 0 Å². The second-order valence-electron chi connectivity index (χ2n) is 5.07. The maximum Gasteiger partial charge on any atom is 0.262 e. The molecule has 0 bridgehead atoms. The average molecular weight is 332 g/mol. The topological polar surface area (TPSA) is 69.8 Å². The zero-order valence-electron chi connectivity index (χ0n) is 12.9. The average Bonchev–Trinajstić information content (AvgIpc) is 2.32. The van der Waals surface area contributed by atoms with E-state index in [0.29, 0.717) is 13.0 Å². The summed E-state index contributed by atoms with van der Waals surface area (Å²) in [5.74, 6) is -0.356. The Morgan fingerprint density at radius 1 is 1.10 bits per heavy atom. The molecule has 0 saturated heterocycles. The van der Waals surface area contributed by atoms with Gasteiger partial charge >= 0.3 is 0 Å². The monoisotopic (exact) mass is 331 g/mol. The fraction of sp³-hybridized carbons (Fsp3) is 0.923. The molecule has 0 heterocycles. The van der Waals surface area contributed by atoms with E-state index in [9.17, 15) is 10.0 Å². The molecule has 0 fully saturated rings. The zero-order valence-corrected chi connectivity index (χ0v) is 14.5. The molecule has 0 aromatic heterocycles. The van der Waals surface area contributed by atoms with E-state index in [-0.39, 0.29) is 30.7 Å². The van der Waals surface area contributed by atoms with E-state index in [1.807, 2.05) is 19.0 Å². The second kappa shape index (κ2) is 15.3. The largest absolute Gasteiger partial charge is 0.320 e. The van der Waals surface area contributed by atoms with Crippen LogP contribution in [0.2, 0.25) is 0 Å². The van der Waals surface area contributed by atoms with Crippen molar-refractivity contribution in [2.24, 2.45) is 5.73 Å². The van der Waals surface area contributed by atoms with Crippen molar-refractivity contribution in [3.63, 3.8) is 0 Å². The molecule has 1 atom stereocenters. The molecule has 0 spiro atoms. The molecule has 0 rings (SSSR count). The van der Waals surface area contributed by atoms with Crippen LogP contribution in [0.15, 0.2) is 0 Å². The van der Waals surface area contributed by atoms with Crippen LogP contribution >= 0.6 is 24.8 Å². The number of rotatable bonds is 10. The second-order valence-corrected chi connectivity index (χ2v) is 5.07. The number of amides is 1. The Hall–Kier alpha value is -0.0700. The van der Waals surface area contributed by atoms with E-state index in [2.05, 4.69) is 6.92 Å². The van der Waals surface area contributed by atoms with Crippen LogP contribution in [-0.4, -0.2) is 54.3 Å². The van der Waals surface area contributed by atoms with Gasteiger partial charge in [0.1, 0.15) is 0 Å². The first-order valence-corrected chi connectivity index (χ1v) is 6.89. The van der Waals surface area contributed by atoms with Crippen LogP contribution in [0.5, 0.6) is 0 Å². The molecular formula is C13H31Cl2N3O2. The first kappa shape index (κ1) is 24.9. The lowest BCUT2D eigenvalue weighted by Crippen LogP contribution is -2.42. The van der Waals surface area contributed by atoms with Crippen molar-refractivity contribution >= 4 is 30.7 Å². The molecule has 0 aromatic carbocycles. The number of hydroxylamine groups is 2. The van der Waals surface area contributed by atoms with Gasteiger partial charge in [-0.2, -0.15) is 0 Å². The Kier molecular flexibility index (Phi) is 19.1. The van der Waals surface area contributed by atoms with Crippen molar-refractivity contribution in [3.05, 3.63) is 0 Å². The molecular weight excluding hydrogens is 301 g/mol. The van der Waals surface area contributed by atoms with Crippen LogP contribution in [0, 0.1) is 0 Å². The van der Waals surface area contributed by atoms with Crippen molar-refractivity contribution in [1.29, 1.82) is 0 Å². The Labute approximate surface area is 135 Å². The molecule has 20 heavy (non-hydrogen) atoms. The lowest BCUT2D eigenvalue weighted by Gasteiger charge is -2.20. The third-order valence-electron chi connectivity index (χ3n) is 2.92. The van der Waals surface area contributed by atoms with Gasteiger partial charge in [-0.05, 0) is 33.5 Å². The lowest BCUT2D eigenvalue weighted by molar-refractivity contribution is -0.167. The zero-order chi connectivity index (χ0) is 14.0. The normalized spacial score (nSPS) is 11.5. The van der Waals surface area contributed by atoms with Crippen LogP contribution < -0.4 is 5.73 Å². The van der Waals surface area contributed by atoms with Crippen molar-refractivity contribution in [2.45, 2.75) is 51.5 Å². The minimum Gasteiger partial charge on any atom is -0.320 e. The number of carbonyl (C=O) groups excluding carboxylic acids is 1. The Bertz CT molecular complexity index is 232. The van der Waals surface area contributed by atoms with Gasteiger partial charge in [0.25, 0.3) is 5.91 Å². The number of carbonyl (C=O) groups is 1. The summed E-state index contributed by atoms with van der Waals surface area (Å²) < 4.78 is 0. The summed E-state index contributed by atoms with van der Waals surface area (Å²) >= 11 is 0. The molecule has 0 aliphatic carbocycles. The molecule has 0 saturated carbocycles. The van der Waals surface area contributed by atoms with Crippen LogP contribution in [0.25, 0.3) is 0 Å². The van der Waals surface area contributed by atoms with Gasteiger partial charge in [0.2, 0.25) is 0 Å². The maximum atomic E-state index is 11.7. The SMILES string of the molecule is CCCCCCC(N)C(=O)N(O)CCCN(C)C.Cl.Cl. The van der Waals surface area contributed by atoms with Gasteiger partial charge in [0.15, 0.2) is 0 Å². The highest BCUT2D eigenvalue weighted by Gasteiger charge is 2.18. The minimum atomic E-state index is -0.564. The van der Waals surface area contributed by atoms with E-state index >= 15 is 0 Å². The van der Waals surface area contributed by atoms with Gasteiger partial charge in [-0.3, -0.25) is 10.0 Å². The molecule has 0 aliphatic heterocycles. The predicted octanol–water partition coefficient (Wildman–Crippen LogP) is 2.30. The van der Waals surface area contributed by atoms with Crippen molar-refractivity contribution in [3.8, 4) is 0 Å². The van der Waals surface area contributed by atoms with Crippen LogP contribution in [0.4, 0.5) is 0 Å². The highest BCUT2D eigenvalue weighted by molar-refractivity contribution is 5.85. The molecule has 7 heteroatoms. The Balaban J connectivity index is -0.00000144. The molecule has 5 nitrogen and oxygen atoms in total. The first-order chi connectivity index (χ1) is 8.49. The van der Waals surface area contributed by atoms with Gasteiger partial charge in [-0.15, -0.1) is 24.8 Å². The number of nitrogens with zero attached hydrogens (tertiary/aromatic N) is 2. The Morgan fingerprint density at radius 3 is 2.20 bits per heavy atom. The third kappa shape index (κ3) is 12.9. The number of unbranched alkanes of at least 4 members (excludes halogenated alkanes) is 3. The molecule has 124 valence electrons. The van der Waals surface area contributed by atoms with Crippen LogP contribution in [0.1, 0.15) is 45.4 Å². The summed E-state index contributed by atoms with van der Waals surface area (Å²) in [6.45, 7) is 3.33. The summed E-state index contributed by atoms with van der Waals surface area (Å²) in [5, 5.41) is 10.4. The van der Waals surface area contributed by atoms with Crippen LogP contribution in [0.3, 0.4) is 0 Å². The lowest BCUT2D eigenvalue weighted by atomic mass is 10.1. The van der Waals surface area contributed by atoms with E-state index in [4.69, 9.17) is 5.73 Å². The number of hydrogen-bond acceptors (Lipinski definition) is 4. The fourth-order valence-corrected chi connectivity index (χ4v) is 1.75. The van der Waals surface area contributed by atoms with E-state index in [1.165, 1.54) is 12.8 Å². The summed E-state index contributed by atoms with van der Waals surface area (Å²) in [7, 11) is 3.92. The molecule has 0 aliphatic rings. The fourth-order valence-electron chi connectivity index (χ4n) is 1.75. The summed E-state index contributed by atoms with van der Waals surface area (Å²) in [4.78, 5) is 13.7. The van der Waals surface area contributed by atoms with Gasteiger partial charge in [-0.25, -0.2) is 5.06 Å². The molecule has 1 unspecified atom stereocenters. The third-order valence-corrected chi connectivity index (χ3v) is 2.92. The predicted molar refractivity (Wildman–Crippen MR) is 87.9 cm³/mol. The number of nitrogens with two attached hydrogens (primary N) is 1. The summed E-state index contributed by atoms with van der Waals surface area (Å²) in [6.07, 6.45) is 5.80. The highest BCUT2D eigenvalue weighted by Crippen LogP contribution is 2.06. The number of halogens is 2.